The largest absolute Gasteiger partial charge is 0.383 e. The molecule has 0 bridgehead atoms. The van der Waals surface area contributed by atoms with Crippen LogP contribution in [0.2, 0.25) is 0 Å². The summed E-state index contributed by atoms with van der Waals surface area (Å²) in [4.78, 5) is 11.7. The summed E-state index contributed by atoms with van der Waals surface area (Å²) in [5.74, 6) is 0.454. The maximum atomic E-state index is 11.7. The van der Waals surface area contributed by atoms with E-state index in [0.29, 0.717) is 5.76 Å². The first-order valence-corrected chi connectivity index (χ1v) is 5.45. The zero-order valence-electron chi connectivity index (χ0n) is 10.6. The van der Waals surface area contributed by atoms with Crippen molar-refractivity contribution in [2.75, 3.05) is 13.7 Å². The number of hydrogen-bond acceptors (Lipinski definition) is 5. The van der Waals surface area contributed by atoms with E-state index in [1.54, 1.807) is 0 Å². The normalized spacial score (nSPS) is 14.4. The number of nitrogens with two attached hydrogens (primary N) is 1. The highest BCUT2D eigenvalue weighted by molar-refractivity contribution is 5.82. The van der Waals surface area contributed by atoms with Crippen molar-refractivity contribution < 1.29 is 14.1 Å². The van der Waals surface area contributed by atoms with Gasteiger partial charge in [0.2, 0.25) is 5.91 Å². The third kappa shape index (κ3) is 3.28. The Hall–Kier alpha value is -1.40. The predicted octanol–water partition coefficient (Wildman–Crippen LogP) is 0.442. The molecule has 6 heteroatoms. The van der Waals surface area contributed by atoms with Crippen molar-refractivity contribution in [1.29, 1.82) is 0 Å². The number of aromatic nitrogens is 1. The fraction of sp³-hybridized carbons (Fsp3) is 0.636. The molecule has 0 fully saturated rings. The summed E-state index contributed by atoms with van der Waals surface area (Å²) in [5, 5.41) is 6.65. The molecular formula is C11H19N3O3. The molecule has 1 aromatic heterocycles. The monoisotopic (exact) mass is 241 g/mol. The van der Waals surface area contributed by atoms with E-state index < -0.39 is 6.04 Å². The maximum Gasteiger partial charge on any atom is 0.239 e. The number of methoxy groups -OCH3 is 1. The lowest BCUT2D eigenvalue weighted by Gasteiger charge is -2.17. The third-order valence-corrected chi connectivity index (χ3v) is 2.56. The molecule has 0 aliphatic carbocycles. The molecule has 0 radical (unpaired) electrons. The Kier molecular flexibility index (Phi) is 4.65. The molecule has 96 valence electrons. The number of aryl methyl sites for hydroxylation is 2. The van der Waals surface area contributed by atoms with Crippen molar-refractivity contribution in [3.8, 4) is 0 Å². The lowest BCUT2D eigenvalue weighted by atomic mass is 10.1. The number of ether oxygens (including phenoxy) is 1. The second kappa shape index (κ2) is 5.79. The van der Waals surface area contributed by atoms with E-state index in [1.807, 2.05) is 20.8 Å². The molecule has 0 spiro atoms. The molecule has 1 aromatic rings. The number of hydrogen-bond donors (Lipinski definition) is 2. The summed E-state index contributed by atoms with van der Waals surface area (Å²) < 4.78 is 9.88. The van der Waals surface area contributed by atoms with E-state index in [-0.39, 0.29) is 18.6 Å². The van der Waals surface area contributed by atoms with Gasteiger partial charge in [-0.15, -0.1) is 0 Å². The molecule has 2 atom stereocenters. The molecule has 0 saturated heterocycles. The van der Waals surface area contributed by atoms with Gasteiger partial charge in [-0.2, -0.15) is 0 Å². The van der Waals surface area contributed by atoms with E-state index in [9.17, 15) is 4.79 Å². The van der Waals surface area contributed by atoms with Crippen molar-refractivity contribution in [2.24, 2.45) is 5.73 Å². The van der Waals surface area contributed by atoms with E-state index in [4.69, 9.17) is 15.0 Å². The van der Waals surface area contributed by atoms with E-state index in [2.05, 4.69) is 10.5 Å². The van der Waals surface area contributed by atoms with Gasteiger partial charge in [0.15, 0.2) is 0 Å². The minimum atomic E-state index is -0.664. The number of carbonyl (C=O) groups is 1. The molecule has 1 heterocycles. The van der Waals surface area contributed by atoms with E-state index in [0.717, 1.165) is 11.3 Å². The zero-order chi connectivity index (χ0) is 13.0. The van der Waals surface area contributed by atoms with Crippen molar-refractivity contribution in [3.63, 3.8) is 0 Å². The quantitative estimate of drug-likeness (QED) is 0.780. The lowest BCUT2D eigenvalue weighted by Crippen LogP contribution is -2.44. The maximum absolute atomic E-state index is 11.7. The second-order valence-electron chi connectivity index (χ2n) is 4.03. The minimum Gasteiger partial charge on any atom is -0.383 e. The second-order valence-corrected chi connectivity index (χ2v) is 4.03. The number of amides is 1. The van der Waals surface area contributed by atoms with Crippen molar-refractivity contribution >= 4 is 5.91 Å². The standard InChI is InChI=1S/C11H19N3O3/c1-6(10-7(2)14-17-8(10)3)13-11(15)9(12)5-16-4/h6,9H,5,12H2,1-4H3,(H,13,15). The molecular weight excluding hydrogens is 222 g/mol. The predicted molar refractivity (Wildman–Crippen MR) is 62.4 cm³/mol. The van der Waals surface area contributed by atoms with Crippen molar-refractivity contribution in [1.82, 2.24) is 10.5 Å². The number of nitrogens with zero attached hydrogens (tertiary/aromatic N) is 1. The van der Waals surface area contributed by atoms with Gasteiger partial charge in [-0.1, -0.05) is 5.16 Å². The summed E-state index contributed by atoms with van der Waals surface area (Å²) in [6.45, 7) is 5.71. The van der Waals surface area contributed by atoms with Crippen LogP contribution in [-0.2, 0) is 9.53 Å². The molecule has 2 unspecified atom stereocenters. The highest BCUT2D eigenvalue weighted by Gasteiger charge is 2.21. The van der Waals surface area contributed by atoms with Gasteiger partial charge in [0.25, 0.3) is 0 Å². The summed E-state index contributed by atoms with van der Waals surface area (Å²) in [6.07, 6.45) is 0. The minimum absolute atomic E-state index is 0.184. The van der Waals surface area contributed by atoms with Gasteiger partial charge in [-0.25, -0.2) is 0 Å². The number of rotatable bonds is 5. The number of carbonyl (C=O) groups excluding carboxylic acids is 1. The first-order valence-electron chi connectivity index (χ1n) is 5.45. The van der Waals surface area contributed by atoms with E-state index >= 15 is 0 Å². The average Bonchev–Trinajstić information content (AvgIpc) is 2.58. The molecule has 0 aliphatic rings. The molecule has 1 rings (SSSR count). The Balaban J connectivity index is 2.66. The molecule has 1 amide bonds. The van der Waals surface area contributed by atoms with Gasteiger partial charge in [0, 0.05) is 12.7 Å². The molecule has 3 N–H and O–H groups in total. The van der Waals surface area contributed by atoms with Crippen LogP contribution in [0.15, 0.2) is 4.52 Å². The summed E-state index contributed by atoms with van der Waals surface area (Å²) in [7, 11) is 1.50. The van der Waals surface area contributed by atoms with Crippen LogP contribution in [-0.4, -0.2) is 30.8 Å². The van der Waals surface area contributed by atoms with Crippen LogP contribution in [0.25, 0.3) is 0 Å². The first-order chi connectivity index (χ1) is 7.97. The summed E-state index contributed by atoms with van der Waals surface area (Å²) >= 11 is 0. The third-order valence-electron chi connectivity index (χ3n) is 2.56. The van der Waals surface area contributed by atoms with Crippen molar-refractivity contribution in [3.05, 3.63) is 17.0 Å². The first kappa shape index (κ1) is 13.7. The molecule has 0 saturated carbocycles. The van der Waals surface area contributed by atoms with Gasteiger partial charge >= 0.3 is 0 Å². The van der Waals surface area contributed by atoms with Gasteiger partial charge in [-0.05, 0) is 20.8 Å². The molecule has 17 heavy (non-hydrogen) atoms. The van der Waals surface area contributed by atoms with Crippen LogP contribution in [0.3, 0.4) is 0 Å². The highest BCUT2D eigenvalue weighted by Crippen LogP contribution is 2.20. The SMILES string of the molecule is COCC(N)C(=O)NC(C)c1c(C)noc1C. The molecule has 0 aromatic carbocycles. The summed E-state index contributed by atoms with van der Waals surface area (Å²) in [6, 6.07) is -0.848. The molecule has 6 nitrogen and oxygen atoms in total. The smallest absolute Gasteiger partial charge is 0.239 e. The topological polar surface area (TPSA) is 90.4 Å². The van der Waals surface area contributed by atoms with Gasteiger partial charge in [-0.3, -0.25) is 4.79 Å². The van der Waals surface area contributed by atoms with Gasteiger partial charge in [0.1, 0.15) is 11.8 Å². The van der Waals surface area contributed by atoms with Crippen molar-refractivity contribution in [2.45, 2.75) is 32.9 Å². The van der Waals surface area contributed by atoms with E-state index in [1.165, 1.54) is 7.11 Å². The fourth-order valence-electron chi connectivity index (χ4n) is 1.76. The fourth-order valence-corrected chi connectivity index (χ4v) is 1.76. The van der Waals surface area contributed by atoms with Crippen LogP contribution in [0.5, 0.6) is 0 Å². The lowest BCUT2D eigenvalue weighted by molar-refractivity contribution is -0.124. The van der Waals surface area contributed by atoms with Crippen LogP contribution in [0.1, 0.15) is 30.0 Å². The summed E-state index contributed by atoms with van der Waals surface area (Å²) in [5.41, 5.74) is 7.29. The Bertz CT molecular complexity index is 370. The Morgan fingerprint density at radius 3 is 2.71 bits per heavy atom. The Morgan fingerprint density at radius 1 is 1.59 bits per heavy atom. The number of nitrogens with one attached hydrogen (secondary N) is 1. The average molecular weight is 241 g/mol. The Labute approximate surface area is 100 Å². The van der Waals surface area contributed by atoms with Gasteiger partial charge < -0.3 is 20.3 Å². The zero-order valence-corrected chi connectivity index (χ0v) is 10.6. The van der Waals surface area contributed by atoms with Crippen LogP contribution < -0.4 is 11.1 Å². The molecule has 0 aliphatic heterocycles. The van der Waals surface area contributed by atoms with Crippen LogP contribution in [0.4, 0.5) is 0 Å². The van der Waals surface area contributed by atoms with Crippen LogP contribution >= 0.6 is 0 Å². The highest BCUT2D eigenvalue weighted by atomic mass is 16.5. The van der Waals surface area contributed by atoms with Crippen LogP contribution in [0, 0.1) is 13.8 Å². The van der Waals surface area contributed by atoms with Gasteiger partial charge in [0.05, 0.1) is 18.3 Å². The Morgan fingerprint density at radius 2 is 2.24 bits per heavy atom.